The summed E-state index contributed by atoms with van der Waals surface area (Å²) in [4.78, 5) is 35.3. The lowest BCUT2D eigenvalue weighted by Gasteiger charge is -2.15. The zero-order valence-corrected chi connectivity index (χ0v) is 15.7. The molecule has 0 fully saturated rings. The first-order valence-corrected chi connectivity index (χ1v) is 8.55. The summed E-state index contributed by atoms with van der Waals surface area (Å²) in [7, 11) is 0. The highest BCUT2D eigenvalue weighted by Crippen LogP contribution is 2.28. The van der Waals surface area contributed by atoms with Gasteiger partial charge in [0.2, 0.25) is 0 Å². The molecule has 2 rings (SSSR count). The summed E-state index contributed by atoms with van der Waals surface area (Å²) < 4.78 is 10.2. The molecule has 142 valence electrons. The van der Waals surface area contributed by atoms with Crippen LogP contribution in [0.4, 0.5) is 10.5 Å². The van der Waals surface area contributed by atoms with Gasteiger partial charge in [0.1, 0.15) is 5.75 Å². The SMILES string of the molecule is C[C@H](Oc1ccc(Cl)cc1Cl)C(=O)OCC(=O)NC(=O)Nc1ccccc1. The van der Waals surface area contributed by atoms with Gasteiger partial charge in [-0.3, -0.25) is 10.1 Å². The molecule has 3 amide bonds. The van der Waals surface area contributed by atoms with Crippen LogP contribution in [0.2, 0.25) is 10.0 Å². The summed E-state index contributed by atoms with van der Waals surface area (Å²) >= 11 is 11.7. The maximum Gasteiger partial charge on any atom is 0.347 e. The Balaban J connectivity index is 1.76. The molecule has 0 unspecified atom stereocenters. The van der Waals surface area contributed by atoms with Gasteiger partial charge < -0.3 is 14.8 Å². The Labute approximate surface area is 165 Å². The van der Waals surface area contributed by atoms with Gasteiger partial charge in [-0.2, -0.15) is 0 Å². The highest BCUT2D eigenvalue weighted by molar-refractivity contribution is 6.35. The molecule has 0 radical (unpaired) electrons. The number of urea groups is 1. The third-order valence-corrected chi connectivity index (χ3v) is 3.69. The van der Waals surface area contributed by atoms with Crippen molar-refractivity contribution in [1.29, 1.82) is 0 Å². The van der Waals surface area contributed by atoms with E-state index in [0.29, 0.717) is 10.7 Å². The van der Waals surface area contributed by atoms with Gasteiger partial charge in [-0.05, 0) is 37.3 Å². The van der Waals surface area contributed by atoms with Crippen molar-refractivity contribution in [3.8, 4) is 5.75 Å². The third-order valence-electron chi connectivity index (χ3n) is 3.16. The van der Waals surface area contributed by atoms with Crippen molar-refractivity contribution in [1.82, 2.24) is 5.32 Å². The molecule has 0 bridgehead atoms. The van der Waals surface area contributed by atoms with Crippen LogP contribution < -0.4 is 15.4 Å². The van der Waals surface area contributed by atoms with Gasteiger partial charge in [0, 0.05) is 10.7 Å². The number of imide groups is 1. The van der Waals surface area contributed by atoms with Crippen molar-refractivity contribution in [3.05, 3.63) is 58.6 Å². The van der Waals surface area contributed by atoms with Crippen molar-refractivity contribution < 1.29 is 23.9 Å². The molecule has 7 nitrogen and oxygen atoms in total. The first-order chi connectivity index (χ1) is 12.8. The van der Waals surface area contributed by atoms with Crippen LogP contribution in [0.1, 0.15) is 6.92 Å². The van der Waals surface area contributed by atoms with Gasteiger partial charge in [0.05, 0.1) is 5.02 Å². The Kier molecular flexibility index (Phi) is 7.45. The predicted molar refractivity (Wildman–Crippen MR) is 101 cm³/mol. The van der Waals surface area contributed by atoms with Crippen molar-refractivity contribution in [2.45, 2.75) is 13.0 Å². The minimum atomic E-state index is -1.02. The van der Waals surface area contributed by atoms with Gasteiger partial charge in [0.15, 0.2) is 12.7 Å². The molecule has 2 aromatic rings. The van der Waals surface area contributed by atoms with Gasteiger partial charge in [-0.15, -0.1) is 0 Å². The van der Waals surface area contributed by atoms with E-state index in [0.717, 1.165) is 0 Å². The number of halogens is 2. The lowest BCUT2D eigenvalue weighted by molar-refractivity contribution is -0.154. The zero-order chi connectivity index (χ0) is 19.8. The van der Waals surface area contributed by atoms with E-state index >= 15 is 0 Å². The molecule has 0 aromatic heterocycles. The van der Waals surface area contributed by atoms with Gasteiger partial charge in [0.25, 0.3) is 5.91 Å². The van der Waals surface area contributed by atoms with Crippen LogP contribution in [0.5, 0.6) is 5.75 Å². The van der Waals surface area contributed by atoms with E-state index < -0.39 is 30.6 Å². The molecule has 9 heteroatoms. The van der Waals surface area contributed by atoms with Crippen molar-refractivity contribution >= 4 is 46.8 Å². The van der Waals surface area contributed by atoms with Crippen LogP contribution in [-0.4, -0.2) is 30.6 Å². The number of hydrogen-bond acceptors (Lipinski definition) is 5. The Bertz CT molecular complexity index is 830. The minimum Gasteiger partial charge on any atom is -0.477 e. The number of hydrogen-bond donors (Lipinski definition) is 2. The fraction of sp³-hybridized carbons (Fsp3) is 0.167. The van der Waals surface area contributed by atoms with Crippen LogP contribution in [0.3, 0.4) is 0 Å². The summed E-state index contributed by atoms with van der Waals surface area (Å²) in [6, 6.07) is 12.4. The third kappa shape index (κ3) is 6.80. The van der Waals surface area contributed by atoms with E-state index in [1.165, 1.54) is 19.1 Å². The molecule has 2 N–H and O–H groups in total. The lowest BCUT2D eigenvalue weighted by Crippen LogP contribution is -2.38. The van der Waals surface area contributed by atoms with Crippen molar-refractivity contribution in [3.63, 3.8) is 0 Å². The highest BCUT2D eigenvalue weighted by Gasteiger charge is 2.19. The molecule has 0 aliphatic carbocycles. The zero-order valence-electron chi connectivity index (χ0n) is 14.2. The molecule has 0 aliphatic heterocycles. The van der Waals surface area contributed by atoms with E-state index in [-0.39, 0.29) is 10.8 Å². The summed E-state index contributed by atoms with van der Waals surface area (Å²) in [5.41, 5.74) is 0.515. The maximum atomic E-state index is 11.9. The molecule has 0 aliphatic rings. The number of esters is 1. The number of carbonyl (C=O) groups is 3. The summed E-state index contributed by atoms with van der Waals surface area (Å²) in [5.74, 6) is -1.33. The number of benzene rings is 2. The normalized spacial score (nSPS) is 11.2. The molecule has 0 saturated heterocycles. The van der Waals surface area contributed by atoms with E-state index in [1.54, 1.807) is 36.4 Å². The molecular weight excluding hydrogens is 395 g/mol. The van der Waals surface area contributed by atoms with Crippen LogP contribution in [0.25, 0.3) is 0 Å². The molecule has 0 saturated carbocycles. The fourth-order valence-corrected chi connectivity index (χ4v) is 2.36. The topological polar surface area (TPSA) is 93.7 Å². The second-order valence-electron chi connectivity index (χ2n) is 5.31. The number of ether oxygens (including phenoxy) is 2. The smallest absolute Gasteiger partial charge is 0.347 e. The van der Waals surface area contributed by atoms with Crippen LogP contribution in [-0.2, 0) is 14.3 Å². The molecule has 0 spiro atoms. The van der Waals surface area contributed by atoms with Crippen LogP contribution in [0, 0.1) is 0 Å². The lowest BCUT2D eigenvalue weighted by atomic mass is 10.3. The second kappa shape index (κ2) is 9.80. The van der Waals surface area contributed by atoms with Crippen molar-refractivity contribution in [2.75, 3.05) is 11.9 Å². The largest absolute Gasteiger partial charge is 0.477 e. The summed E-state index contributed by atoms with van der Waals surface area (Å²) in [6.45, 7) is 0.802. The van der Waals surface area contributed by atoms with E-state index in [2.05, 4.69) is 5.32 Å². The second-order valence-corrected chi connectivity index (χ2v) is 6.15. The number of carbonyl (C=O) groups excluding carboxylic acids is 3. The maximum absolute atomic E-state index is 11.9. The van der Waals surface area contributed by atoms with Crippen molar-refractivity contribution in [2.24, 2.45) is 0 Å². The Hall–Kier alpha value is -2.77. The van der Waals surface area contributed by atoms with E-state index in [1.807, 2.05) is 5.32 Å². The highest BCUT2D eigenvalue weighted by atomic mass is 35.5. The van der Waals surface area contributed by atoms with E-state index in [4.69, 9.17) is 32.7 Å². The van der Waals surface area contributed by atoms with Gasteiger partial charge >= 0.3 is 12.0 Å². The Morgan fingerprint density at radius 2 is 1.78 bits per heavy atom. The monoisotopic (exact) mass is 410 g/mol. The molecule has 2 aromatic carbocycles. The quantitative estimate of drug-likeness (QED) is 0.708. The van der Waals surface area contributed by atoms with Gasteiger partial charge in [-0.1, -0.05) is 41.4 Å². The number of rotatable bonds is 6. The molecule has 1 atom stereocenters. The van der Waals surface area contributed by atoms with E-state index in [9.17, 15) is 14.4 Å². The van der Waals surface area contributed by atoms with Crippen LogP contribution >= 0.6 is 23.2 Å². The summed E-state index contributed by atoms with van der Waals surface area (Å²) in [6.07, 6.45) is -1.02. The number of amides is 3. The Morgan fingerprint density at radius 1 is 1.07 bits per heavy atom. The standard InChI is InChI=1S/C18H16Cl2N2O5/c1-11(27-15-8-7-12(19)9-14(15)20)17(24)26-10-16(23)22-18(25)21-13-5-3-2-4-6-13/h2-9,11H,10H2,1H3,(H2,21,22,23,25)/t11-/m0/s1. The number of nitrogens with one attached hydrogen (secondary N) is 2. The molecule has 27 heavy (non-hydrogen) atoms. The molecule has 0 heterocycles. The average molecular weight is 411 g/mol. The fourth-order valence-electron chi connectivity index (χ4n) is 1.91. The average Bonchev–Trinajstić information content (AvgIpc) is 2.62. The summed E-state index contributed by atoms with van der Waals surface area (Å²) in [5, 5.41) is 5.17. The number of anilines is 1. The first kappa shape index (κ1) is 20.5. The Morgan fingerprint density at radius 3 is 2.44 bits per heavy atom. The minimum absolute atomic E-state index is 0.234. The molecular formula is C18H16Cl2N2O5. The number of para-hydroxylation sites is 1. The van der Waals surface area contributed by atoms with Gasteiger partial charge in [-0.25, -0.2) is 9.59 Å². The first-order valence-electron chi connectivity index (χ1n) is 7.79. The predicted octanol–water partition coefficient (Wildman–Crippen LogP) is 3.65. The van der Waals surface area contributed by atoms with Crippen LogP contribution in [0.15, 0.2) is 48.5 Å².